The topological polar surface area (TPSA) is 38.0 Å². The molecular formula is C11H22N2S. The molecule has 3 unspecified atom stereocenters. The van der Waals surface area contributed by atoms with Crippen molar-refractivity contribution in [1.82, 2.24) is 5.32 Å². The number of hydrogen-bond donors (Lipinski definition) is 2. The molecule has 2 aliphatic rings. The van der Waals surface area contributed by atoms with Crippen LogP contribution in [0.3, 0.4) is 0 Å². The van der Waals surface area contributed by atoms with Gasteiger partial charge in [0.25, 0.3) is 0 Å². The smallest absolute Gasteiger partial charge is 0.0172 e. The second-order valence-electron chi connectivity index (χ2n) is 4.58. The third-order valence-electron chi connectivity index (χ3n) is 3.59. The highest BCUT2D eigenvalue weighted by atomic mass is 32.2. The summed E-state index contributed by atoms with van der Waals surface area (Å²) >= 11 is 2.14. The average Bonchev–Trinajstić information content (AvgIpc) is 2.85. The van der Waals surface area contributed by atoms with E-state index < -0.39 is 0 Å². The summed E-state index contributed by atoms with van der Waals surface area (Å²) in [6.45, 7) is 2.08. The summed E-state index contributed by atoms with van der Waals surface area (Å²) < 4.78 is 0. The number of nitrogens with one attached hydrogen (secondary N) is 1. The zero-order valence-corrected chi connectivity index (χ0v) is 9.69. The lowest BCUT2D eigenvalue weighted by Crippen LogP contribution is -2.39. The van der Waals surface area contributed by atoms with Crippen molar-refractivity contribution < 1.29 is 0 Å². The maximum atomic E-state index is 5.76. The maximum absolute atomic E-state index is 5.76. The van der Waals surface area contributed by atoms with Gasteiger partial charge in [-0.1, -0.05) is 6.42 Å². The van der Waals surface area contributed by atoms with Crippen LogP contribution in [0.1, 0.15) is 32.1 Å². The van der Waals surface area contributed by atoms with E-state index in [9.17, 15) is 0 Å². The standard InChI is InChI=1S/C11H22N2S/c12-7-9-3-1-5-11(9)13-8-10-4-2-6-14-10/h9-11,13H,1-8,12H2. The molecule has 2 nitrogen and oxygen atoms in total. The van der Waals surface area contributed by atoms with Crippen LogP contribution in [0.2, 0.25) is 0 Å². The lowest BCUT2D eigenvalue weighted by molar-refractivity contribution is 0.407. The molecule has 1 aliphatic carbocycles. The molecule has 2 fully saturated rings. The molecule has 1 saturated heterocycles. The Hall–Kier alpha value is 0.270. The van der Waals surface area contributed by atoms with Gasteiger partial charge in [-0.05, 0) is 43.9 Å². The molecule has 3 heteroatoms. The summed E-state index contributed by atoms with van der Waals surface area (Å²) in [5, 5.41) is 4.61. The van der Waals surface area contributed by atoms with Crippen LogP contribution in [0.15, 0.2) is 0 Å². The van der Waals surface area contributed by atoms with Gasteiger partial charge in [-0.15, -0.1) is 0 Å². The first-order chi connectivity index (χ1) is 6.90. The number of rotatable bonds is 4. The Kier molecular flexibility index (Phi) is 4.14. The van der Waals surface area contributed by atoms with Gasteiger partial charge in [0.2, 0.25) is 0 Å². The Balaban J connectivity index is 1.68. The first-order valence-corrected chi connectivity index (χ1v) is 7.00. The van der Waals surface area contributed by atoms with Crippen LogP contribution in [0.4, 0.5) is 0 Å². The van der Waals surface area contributed by atoms with Crippen LogP contribution in [0.25, 0.3) is 0 Å². The fraction of sp³-hybridized carbons (Fsp3) is 1.00. The molecule has 0 spiro atoms. The van der Waals surface area contributed by atoms with Crippen molar-refractivity contribution in [2.45, 2.75) is 43.4 Å². The molecule has 14 heavy (non-hydrogen) atoms. The average molecular weight is 214 g/mol. The minimum Gasteiger partial charge on any atom is -0.330 e. The van der Waals surface area contributed by atoms with E-state index in [1.165, 1.54) is 44.4 Å². The van der Waals surface area contributed by atoms with Crippen LogP contribution in [0, 0.1) is 5.92 Å². The normalized spacial score (nSPS) is 37.9. The van der Waals surface area contributed by atoms with Gasteiger partial charge in [-0.25, -0.2) is 0 Å². The summed E-state index contributed by atoms with van der Waals surface area (Å²) in [5.74, 6) is 2.12. The predicted molar refractivity (Wildman–Crippen MR) is 63.7 cm³/mol. The summed E-state index contributed by atoms with van der Waals surface area (Å²) in [7, 11) is 0. The molecule has 1 aliphatic heterocycles. The summed E-state index contributed by atoms with van der Waals surface area (Å²) in [4.78, 5) is 0. The van der Waals surface area contributed by atoms with Gasteiger partial charge < -0.3 is 11.1 Å². The van der Waals surface area contributed by atoms with E-state index in [-0.39, 0.29) is 0 Å². The van der Waals surface area contributed by atoms with Gasteiger partial charge in [0.15, 0.2) is 0 Å². The van der Waals surface area contributed by atoms with Gasteiger partial charge in [-0.3, -0.25) is 0 Å². The van der Waals surface area contributed by atoms with Crippen molar-refractivity contribution >= 4 is 11.8 Å². The Morgan fingerprint density at radius 1 is 1.21 bits per heavy atom. The number of hydrogen-bond acceptors (Lipinski definition) is 3. The monoisotopic (exact) mass is 214 g/mol. The van der Waals surface area contributed by atoms with Gasteiger partial charge >= 0.3 is 0 Å². The second-order valence-corrected chi connectivity index (χ2v) is 5.98. The van der Waals surface area contributed by atoms with Crippen molar-refractivity contribution in [2.24, 2.45) is 11.7 Å². The SMILES string of the molecule is NCC1CCCC1NCC1CCCS1. The van der Waals surface area contributed by atoms with Crippen molar-refractivity contribution in [3.8, 4) is 0 Å². The molecule has 3 atom stereocenters. The second kappa shape index (κ2) is 5.38. The van der Waals surface area contributed by atoms with Crippen molar-refractivity contribution in [2.75, 3.05) is 18.8 Å². The van der Waals surface area contributed by atoms with E-state index in [2.05, 4.69) is 17.1 Å². The van der Waals surface area contributed by atoms with Crippen LogP contribution < -0.4 is 11.1 Å². The molecule has 1 heterocycles. The van der Waals surface area contributed by atoms with Crippen LogP contribution in [-0.2, 0) is 0 Å². The number of nitrogens with two attached hydrogens (primary N) is 1. The molecule has 0 aromatic rings. The number of thioether (sulfide) groups is 1. The van der Waals surface area contributed by atoms with E-state index in [4.69, 9.17) is 5.73 Å². The van der Waals surface area contributed by atoms with E-state index in [0.29, 0.717) is 0 Å². The Bertz CT molecular complexity index is 169. The third-order valence-corrected chi connectivity index (χ3v) is 4.99. The quantitative estimate of drug-likeness (QED) is 0.746. The van der Waals surface area contributed by atoms with Gasteiger partial charge in [0.1, 0.15) is 0 Å². The molecule has 1 saturated carbocycles. The molecule has 2 rings (SSSR count). The molecule has 0 aromatic carbocycles. The van der Waals surface area contributed by atoms with Crippen molar-refractivity contribution in [3.63, 3.8) is 0 Å². The molecule has 0 radical (unpaired) electrons. The highest BCUT2D eigenvalue weighted by Crippen LogP contribution is 2.28. The lowest BCUT2D eigenvalue weighted by Gasteiger charge is -2.21. The van der Waals surface area contributed by atoms with E-state index in [1.807, 2.05) is 0 Å². The predicted octanol–water partition coefficient (Wildman–Crippen LogP) is 1.60. The fourth-order valence-electron chi connectivity index (χ4n) is 2.68. The summed E-state index contributed by atoms with van der Waals surface area (Å²) in [6, 6.07) is 0.723. The molecule has 0 bridgehead atoms. The Morgan fingerprint density at radius 3 is 2.86 bits per heavy atom. The van der Waals surface area contributed by atoms with E-state index >= 15 is 0 Å². The molecular weight excluding hydrogens is 192 g/mol. The van der Waals surface area contributed by atoms with E-state index in [0.717, 1.165) is 23.8 Å². The zero-order chi connectivity index (χ0) is 9.80. The summed E-state index contributed by atoms with van der Waals surface area (Å²) in [5.41, 5.74) is 5.76. The minimum atomic E-state index is 0.723. The van der Waals surface area contributed by atoms with E-state index in [1.54, 1.807) is 0 Å². The third kappa shape index (κ3) is 2.65. The highest BCUT2D eigenvalue weighted by Gasteiger charge is 2.26. The molecule has 3 N–H and O–H groups in total. The van der Waals surface area contributed by atoms with Crippen molar-refractivity contribution in [3.05, 3.63) is 0 Å². The fourth-order valence-corrected chi connectivity index (χ4v) is 3.89. The van der Waals surface area contributed by atoms with Crippen LogP contribution in [-0.4, -0.2) is 30.1 Å². The Labute approximate surface area is 91.4 Å². The summed E-state index contributed by atoms with van der Waals surface area (Å²) in [6.07, 6.45) is 6.89. The largest absolute Gasteiger partial charge is 0.330 e. The molecule has 82 valence electrons. The van der Waals surface area contributed by atoms with Gasteiger partial charge in [-0.2, -0.15) is 11.8 Å². The first-order valence-electron chi connectivity index (χ1n) is 5.95. The van der Waals surface area contributed by atoms with Crippen molar-refractivity contribution in [1.29, 1.82) is 0 Å². The lowest BCUT2D eigenvalue weighted by atomic mass is 10.0. The zero-order valence-electron chi connectivity index (χ0n) is 8.87. The van der Waals surface area contributed by atoms with Crippen LogP contribution in [0.5, 0.6) is 0 Å². The first kappa shape index (κ1) is 10.8. The minimum absolute atomic E-state index is 0.723. The van der Waals surface area contributed by atoms with Crippen LogP contribution >= 0.6 is 11.8 Å². The maximum Gasteiger partial charge on any atom is 0.0172 e. The van der Waals surface area contributed by atoms with Gasteiger partial charge in [0.05, 0.1) is 0 Å². The Morgan fingerprint density at radius 2 is 2.14 bits per heavy atom. The molecule has 0 aromatic heterocycles. The van der Waals surface area contributed by atoms with Gasteiger partial charge in [0, 0.05) is 17.8 Å². The highest BCUT2D eigenvalue weighted by molar-refractivity contribution is 8.00. The molecule has 0 amide bonds.